The lowest BCUT2D eigenvalue weighted by Gasteiger charge is -2.13. The van der Waals surface area contributed by atoms with Gasteiger partial charge in [-0.05, 0) is 47.5 Å². The third-order valence-electron chi connectivity index (χ3n) is 5.21. The molecule has 8 heteroatoms. The van der Waals surface area contributed by atoms with Gasteiger partial charge in [0.25, 0.3) is 0 Å². The molecule has 0 aliphatic heterocycles. The van der Waals surface area contributed by atoms with E-state index >= 15 is 0 Å². The van der Waals surface area contributed by atoms with Crippen LogP contribution >= 0.6 is 23.2 Å². The normalized spacial score (nSPS) is 10.8. The van der Waals surface area contributed by atoms with Gasteiger partial charge in [0.05, 0.1) is 17.8 Å². The number of nitrogens with zero attached hydrogens (tertiary/aromatic N) is 5. The summed E-state index contributed by atoms with van der Waals surface area (Å²) in [4.78, 5) is 13.3. The van der Waals surface area contributed by atoms with Crippen LogP contribution in [0.3, 0.4) is 0 Å². The molecule has 0 bridgehead atoms. The molecule has 2 heterocycles. The number of hydrogen-bond acceptors (Lipinski definition) is 5. The first-order valence-electron chi connectivity index (χ1n) is 9.86. The van der Waals surface area contributed by atoms with Gasteiger partial charge in [-0.1, -0.05) is 59.6 Å². The zero-order chi connectivity index (χ0) is 22.9. The van der Waals surface area contributed by atoms with E-state index in [4.69, 9.17) is 28.5 Å². The Hall–Kier alpha value is -4.05. The zero-order valence-corrected chi connectivity index (χ0v) is 18.4. The fourth-order valence-electron chi connectivity index (χ4n) is 3.58. The molecule has 5 aromatic rings. The molecule has 2 aromatic heterocycles. The van der Waals surface area contributed by atoms with Crippen LogP contribution in [0.15, 0.2) is 83.8 Å². The molecule has 0 fully saturated rings. The first kappa shape index (κ1) is 20.8. The summed E-state index contributed by atoms with van der Waals surface area (Å²) in [6.07, 6.45) is 1.63. The molecule has 33 heavy (non-hydrogen) atoms. The molecule has 0 amide bonds. The topological polar surface area (TPSA) is 83.9 Å². The summed E-state index contributed by atoms with van der Waals surface area (Å²) in [5.41, 5.74) is 4.23. The van der Waals surface area contributed by atoms with Crippen molar-refractivity contribution in [2.45, 2.75) is 0 Å². The van der Waals surface area contributed by atoms with Crippen molar-refractivity contribution in [3.05, 3.63) is 105 Å². The predicted octanol–water partition coefficient (Wildman–Crippen LogP) is 5.66. The maximum Gasteiger partial charge on any atom is 0.301 e. The van der Waals surface area contributed by atoms with E-state index in [9.17, 15) is 4.79 Å². The van der Waals surface area contributed by atoms with Crippen molar-refractivity contribution < 1.29 is 0 Å². The van der Waals surface area contributed by atoms with Crippen LogP contribution in [0.2, 0.25) is 10.0 Å². The van der Waals surface area contributed by atoms with Crippen LogP contribution < -0.4 is 5.56 Å². The number of rotatable bonds is 3. The van der Waals surface area contributed by atoms with Gasteiger partial charge in [-0.15, -0.1) is 10.2 Å². The maximum absolute atomic E-state index is 13.3. The summed E-state index contributed by atoms with van der Waals surface area (Å²) in [6.45, 7) is 0. The monoisotopic (exact) mass is 469 g/mol. The molecule has 0 radical (unpaired) electrons. The Balaban J connectivity index is 1.78. The van der Waals surface area contributed by atoms with Crippen molar-refractivity contribution in [2.75, 3.05) is 0 Å². The van der Waals surface area contributed by atoms with Crippen LogP contribution in [-0.2, 0) is 0 Å². The molecule has 0 unspecified atom stereocenters. The first-order chi connectivity index (χ1) is 16.0. The largest absolute Gasteiger partial charge is 0.301 e. The minimum atomic E-state index is -0.414. The SMILES string of the molecule is N#Cc1ccc(-c2nnc3c(-c4ccc(Cl)cc4)c(-c4ccc(Cl)cc4)cnn3c2=O)cc1. The van der Waals surface area contributed by atoms with Gasteiger partial charge in [-0.3, -0.25) is 4.79 Å². The summed E-state index contributed by atoms with van der Waals surface area (Å²) in [5, 5.41) is 23.2. The molecule has 0 spiro atoms. The maximum atomic E-state index is 13.3. The van der Waals surface area contributed by atoms with Gasteiger partial charge in [-0.2, -0.15) is 14.9 Å². The summed E-state index contributed by atoms with van der Waals surface area (Å²) in [6, 6.07) is 23.2. The Morgan fingerprint density at radius 3 is 1.94 bits per heavy atom. The lowest BCUT2D eigenvalue weighted by Crippen LogP contribution is -2.22. The second-order valence-corrected chi connectivity index (χ2v) is 8.10. The highest BCUT2D eigenvalue weighted by Gasteiger charge is 2.18. The van der Waals surface area contributed by atoms with Crippen molar-refractivity contribution in [2.24, 2.45) is 0 Å². The Bertz CT molecular complexity index is 1590. The fourth-order valence-corrected chi connectivity index (χ4v) is 3.83. The number of benzene rings is 3. The Labute approximate surface area is 198 Å². The Kier molecular flexibility index (Phi) is 5.35. The Morgan fingerprint density at radius 1 is 0.758 bits per heavy atom. The molecular formula is C25H13Cl2N5O. The van der Waals surface area contributed by atoms with Crippen molar-refractivity contribution in [1.82, 2.24) is 19.8 Å². The van der Waals surface area contributed by atoms with Gasteiger partial charge >= 0.3 is 5.56 Å². The smallest absolute Gasteiger partial charge is 0.265 e. The van der Waals surface area contributed by atoms with Gasteiger partial charge < -0.3 is 0 Å². The molecule has 5 rings (SSSR count). The zero-order valence-electron chi connectivity index (χ0n) is 16.9. The number of halogens is 2. The second-order valence-electron chi connectivity index (χ2n) is 7.23. The number of hydrogen-bond donors (Lipinski definition) is 0. The molecule has 0 saturated carbocycles. The lowest BCUT2D eigenvalue weighted by atomic mass is 9.97. The van der Waals surface area contributed by atoms with Gasteiger partial charge in [0.15, 0.2) is 11.3 Å². The van der Waals surface area contributed by atoms with E-state index in [1.165, 1.54) is 4.52 Å². The highest BCUT2D eigenvalue weighted by Crippen LogP contribution is 2.35. The standard InChI is InChI=1S/C25H13Cl2N5O/c26-19-9-5-16(6-10-19)21-14-29-32-24(22(21)17-7-11-20(27)12-8-17)31-30-23(25(32)33)18-3-1-15(13-28)2-4-18/h1-12,14H. The van der Waals surface area contributed by atoms with Gasteiger partial charge in [0.2, 0.25) is 0 Å². The van der Waals surface area contributed by atoms with Crippen LogP contribution in [0.1, 0.15) is 5.56 Å². The van der Waals surface area contributed by atoms with Crippen molar-refractivity contribution in [3.63, 3.8) is 0 Å². The number of nitriles is 1. The molecular weight excluding hydrogens is 457 g/mol. The molecule has 0 aliphatic carbocycles. The van der Waals surface area contributed by atoms with Crippen LogP contribution in [0, 0.1) is 11.3 Å². The lowest BCUT2D eigenvalue weighted by molar-refractivity contribution is 0.832. The molecule has 3 aromatic carbocycles. The molecule has 0 aliphatic rings. The van der Waals surface area contributed by atoms with Gasteiger partial charge in [-0.25, -0.2) is 0 Å². The predicted molar refractivity (Wildman–Crippen MR) is 128 cm³/mol. The van der Waals surface area contributed by atoms with Crippen molar-refractivity contribution >= 4 is 28.8 Å². The minimum absolute atomic E-state index is 0.144. The average Bonchev–Trinajstić information content (AvgIpc) is 2.85. The number of fused-ring (bicyclic) bond motifs is 1. The van der Waals surface area contributed by atoms with Crippen LogP contribution in [0.5, 0.6) is 0 Å². The van der Waals surface area contributed by atoms with Crippen LogP contribution in [0.4, 0.5) is 0 Å². The van der Waals surface area contributed by atoms with Crippen molar-refractivity contribution in [1.29, 1.82) is 5.26 Å². The molecule has 158 valence electrons. The summed E-state index contributed by atoms with van der Waals surface area (Å²) in [7, 11) is 0. The van der Waals surface area contributed by atoms with E-state index in [1.807, 2.05) is 24.3 Å². The van der Waals surface area contributed by atoms with E-state index in [2.05, 4.69) is 21.4 Å². The van der Waals surface area contributed by atoms with E-state index in [0.29, 0.717) is 32.4 Å². The second kappa shape index (κ2) is 8.47. The third-order valence-corrected chi connectivity index (χ3v) is 5.72. The summed E-state index contributed by atoms with van der Waals surface area (Å²) >= 11 is 12.2. The summed E-state index contributed by atoms with van der Waals surface area (Å²) < 4.78 is 1.24. The molecule has 6 nitrogen and oxygen atoms in total. The summed E-state index contributed by atoms with van der Waals surface area (Å²) in [5.74, 6) is 0. The van der Waals surface area contributed by atoms with Gasteiger partial charge in [0, 0.05) is 26.7 Å². The van der Waals surface area contributed by atoms with Crippen LogP contribution in [0.25, 0.3) is 39.2 Å². The molecule has 0 saturated heterocycles. The third kappa shape index (κ3) is 3.85. The highest BCUT2D eigenvalue weighted by atomic mass is 35.5. The van der Waals surface area contributed by atoms with Gasteiger partial charge in [0.1, 0.15) is 0 Å². The fraction of sp³-hybridized carbons (Fsp3) is 0. The van der Waals surface area contributed by atoms with Crippen LogP contribution in [-0.4, -0.2) is 19.8 Å². The number of aromatic nitrogens is 4. The minimum Gasteiger partial charge on any atom is -0.265 e. The average molecular weight is 470 g/mol. The van der Waals surface area contributed by atoms with E-state index in [-0.39, 0.29) is 5.69 Å². The molecule has 0 N–H and O–H groups in total. The van der Waals surface area contributed by atoms with E-state index in [1.54, 1.807) is 54.7 Å². The van der Waals surface area contributed by atoms with E-state index in [0.717, 1.165) is 16.7 Å². The van der Waals surface area contributed by atoms with E-state index < -0.39 is 5.56 Å². The van der Waals surface area contributed by atoms with Crippen molar-refractivity contribution in [3.8, 4) is 39.6 Å². The molecule has 0 atom stereocenters. The quantitative estimate of drug-likeness (QED) is 0.340. The first-order valence-corrected chi connectivity index (χ1v) is 10.6. The highest BCUT2D eigenvalue weighted by molar-refractivity contribution is 6.31. The Morgan fingerprint density at radius 2 is 1.33 bits per heavy atom.